The Balaban J connectivity index is 2.09. The largest absolute Gasteiger partial charge is 0.398 e. The van der Waals surface area contributed by atoms with E-state index >= 15 is 0 Å². The maximum absolute atomic E-state index is 12.1. The summed E-state index contributed by atoms with van der Waals surface area (Å²) in [5.41, 5.74) is 7.75. The van der Waals surface area contributed by atoms with Crippen molar-refractivity contribution >= 4 is 17.3 Å². The van der Waals surface area contributed by atoms with Gasteiger partial charge in [0.25, 0.3) is 5.91 Å². The van der Waals surface area contributed by atoms with E-state index in [9.17, 15) is 4.79 Å². The molecular weight excluding hydrogens is 228 g/mol. The lowest BCUT2D eigenvalue weighted by atomic mass is 10.0. The fourth-order valence-electron chi connectivity index (χ4n) is 2.22. The van der Waals surface area contributed by atoms with Crippen molar-refractivity contribution < 1.29 is 9.53 Å². The van der Waals surface area contributed by atoms with Crippen LogP contribution >= 0.6 is 0 Å². The quantitative estimate of drug-likeness (QED) is 0.807. The molecule has 1 saturated heterocycles. The van der Waals surface area contributed by atoms with Gasteiger partial charge >= 0.3 is 0 Å². The number of nitrogen functional groups attached to an aromatic ring is 1. The normalized spacial score (nSPS) is 23.0. The Hall–Kier alpha value is -1.55. The molecule has 1 aromatic carbocycles. The van der Waals surface area contributed by atoms with Crippen LogP contribution in [0, 0.1) is 0 Å². The molecular formula is C14H20N2O2. The summed E-state index contributed by atoms with van der Waals surface area (Å²) in [5.74, 6) is -0.0938. The molecule has 0 radical (unpaired) electrons. The second-order valence-electron chi connectivity index (χ2n) is 4.90. The van der Waals surface area contributed by atoms with Crippen LogP contribution in [0.2, 0.25) is 0 Å². The lowest BCUT2D eigenvalue weighted by molar-refractivity contribution is -0.133. The first-order valence-corrected chi connectivity index (χ1v) is 6.39. The average Bonchev–Trinajstić information content (AvgIpc) is 2.78. The Labute approximate surface area is 108 Å². The van der Waals surface area contributed by atoms with Crippen LogP contribution in [0.3, 0.4) is 0 Å². The Bertz CT molecular complexity index is 451. The fourth-order valence-corrected chi connectivity index (χ4v) is 2.22. The van der Waals surface area contributed by atoms with Crippen molar-refractivity contribution in [2.45, 2.75) is 38.7 Å². The minimum absolute atomic E-state index is 0.0938. The Kier molecular flexibility index (Phi) is 3.57. The number of nitrogens with one attached hydrogen (secondary N) is 1. The summed E-state index contributed by atoms with van der Waals surface area (Å²) in [5, 5.41) is 2.87. The lowest BCUT2D eigenvalue weighted by Gasteiger charge is -2.22. The minimum atomic E-state index is -0.696. The molecule has 1 aromatic rings. The molecule has 0 bridgehead atoms. The number of aryl methyl sites for hydroxylation is 1. The summed E-state index contributed by atoms with van der Waals surface area (Å²) in [7, 11) is 0. The van der Waals surface area contributed by atoms with Crippen molar-refractivity contribution in [3.05, 3.63) is 23.8 Å². The summed E-state index contributed by atoms with van der Waals surface area (Å²) in [4.78, 5) is 12.1. The number of nitrogens with two attached hydrogens (primary N) is 1. The molecule has 1 atom stereocenters. The summed E-state index contributed by atoms with van der Waals surface area (Å²) in [6.07, 6.45) is 2.59. The van der Waals surface area contributed by atoms with Crippen LogP contribution in [0.1, 0.15) is 32.3 Å². The van der Waals surface area contributed by atoms with E-state index in [1.54, 1.807) is 6.07 Å². The number of ether oxygens (including phenoxy) is 1. The van der Waals surface area contributed by atoms with E-state index in [0.29, 0.717) is 12.3 Å². The van der Waals surface area contributed by atoms with E-state index in [0.717, 1.165) is 30.5 Å². The van der Waals surface area contributed by atoms with E-state index in [2.05, 4.69) is 12.2 Å². The topological polar surface area (TPSA) is 64.3 Å². The standard InChI is InChI=1S/C14H20N2O2/c1-3-10-5-6-11(9-12(10)15)16-13(17)14(2)7-4-8-18-14/h5-6,9H,3-4,7-8,15H2,1-2H3,(H,16,17). The zero-order valence-corrected chi connectivity index (χ0v) is 11.0. The number of benzene rings is 1. The van der Waals surface area contributed by atoms with Gasteiger partial charge in [0.05, 0.1) is 0 Å². The molecule has 4 nitrogen and oxygen atoms in total. The van der Waals surface area contributed by atoms with Crippen LogP contribution < -0.4 is 11.1 Å². The Morgan fingerprint density at radius 3 is 2.89 bits per heavy atom. The summed E-state index contributed by atoms with van der Waals surface area (Å²) < 4.78 is 5.51. The maximum Gasteiger partial charge on any atom is 0.256 e. The Morgan fingerprint density at radius 2 is 2.33 bits per heavy atom. The number of carbonyl (C=O) groups is 1. The highest BCUT2D eigenvalue weighted by Gasteiger charge is 2.37. The maximum atomic E-state index is 12.1. The van der Waals surface area contributed by atoms with Crippen molar-refractivity contribution in [1.29, 1.82) is 0 Å². The number of hydrogen-bond acceptors (Lipinski definition) is 3. The van der Waals surface area contributed by atoms with Gasteiger partial charge in [0.1, 0.15) is 5.60 Å². The molecule has 3 N–H and O–H groups in total. The van der Waals surface area contributed by atoms with E-state index < -0.39 is 5.60 Å². The van der Waals surface area contributed by atoms with Crippen LogP contribution in [0.15, 0.2) is 18.2 Å². The molecule has 1 fully saturated rings. The first-order valence-electron chi connectivity index (χ1n) is 6.39. The van der Waals surface area contributed by atoms with Crippen molar-refractivity contribution in [3.8, 4) is 0 Å². The fraction of sp³-hybridized carbons (Fsp3) is 0.500. The third-order valence-corrected chi connectivity index (χ3v) is 3.48. The third-order valence-electron chi connectivity index (χ3n) is 3.48. The Morgan fingerprint density at radius 1 is 1.56 bits per heavy atom. The molecule has 1 amide bonds. The molecule has 1 heterocycles. The third kappa shape index (κ3) is 2.48. The number of amides is 1. The van der Waals surface area contributed by atoms with Crippen LogP contribution in [0.5, 0.6) is 0 Å². The molecule has 98 valence electrons. The molecule has 1 unspecified atom stereocenters. The highest BCUT2D eigenvalue weighted by Crippen LogP contribution is 2.27. The zero-order valence-electron chi connectivity index (χ0n) is 11.0. The van der Waals surface area contributed by atoms with Gasteiger partial charge in [0.2, 0.25) is 0 Å². The van der Waals surface area contributed by atoms with Gasteiger partial charge in [0.15, 0.2) is 0 Å². The molecule has 4 heteroatoms. The minimum Gasteiger partial charge on any atom is -0.398 e. The molecule has 1 aliphatic heterocycles. The smallest absolute Gasteiger partial charge is 0.256 e. The van der Waals surface area contributed by atoms with Crippen LogP contribution in [-0.4, -0.2) is 18.1 Å². The van der Waals surface area contributed by atoms with E-state index in [1.165, 1.54) is 0 Å². The predicted octanol–water partition coefficient (Wildman–Crippen LogP) is 2.34. The highest BCUT2D eigenvalue weighted by molar-refractivity contribution is 5.97. The van der Waals surface area contributed by atoms with Gasteiger partial charge in [-0.05, 0) is 43.9 Å². The SMILES string of the molecule is CCc1ccc(NC(=O)C2(C)CCCO2)cc1N. The summed E-state index contributed by atoms with van der Waals surface area (Å²) in [6.45, 7) is 4.54. The lowest BCUT2D eigenvalue weighted by Crippen LogP contribution is -2.39. The van der Waals surface area contributed by atoms with Crippen molar-refractivity contribution in [2.75, 3.05) is 17.7 Å². The van der Waals surface area contributed by atoms with E-state index in [4.69, 9.17) is 10.5 Å². The van der Waals surface area contributed by atoms with Crippen LogP contribution in [0.25, 0.3) is 0 Å². The number of rotatable bonds is 3. The average molecular weight is 248 g/mol. The number of hydrogen-bond donors (Lipinski definition) is 2. The van der Waals surface area contributed by atoms with E-state index in [-0.39, 0.29) is 5.91 Å². The molecule has 0 aliphatic carbocycles. The predicted molar refractivity (Wildman–Crippen MR) is 72.5 cm³/mol. The molecule has 18 heavy (non-hydrogen) atoms. The van der Waals surface area contributed by atoms with Gasteiger partial charge in [-0.15, -0.1) is 0 Å². The van der Waals surface area contributed by atoms with Crippen molar-refractivity contribution in [3.63, 3.8) is 0 Å². The van der Waals surface area contributed by atoms with Crippen LogP contribution in [-0.2, 0) is 16.0 Å². The van der Waals surface area contributed by atoms with Gasteiger partial charge in [-0.2, -0.15) is 0 Å². The monoisotopic (exact) mass is 248 g/mol. The number of carbonyl (C=O) groups excluding carboxylic acids is 1. The number of anilines is 2. The zero-order chi connectivity index (χ0) is 13.2. The van der Waals surface area contributed by atoms with Gasteiger partial charge in [0, 0.05) is 18.0 Å². The highest BCUT2D eigenvalue weighted by atomic mass is 16.5. The molecule has 0 spiro atoms. The van der Waals surface area contributed by atoms with Crippen LogP contribution in [0.4, 0.5) is 11.4 Å². The first-order chi connectivity index (χ1) is 8.55. The summed E-state index contributed by atoms with van der Waals surface area (Å²) >= 11 is 0. The van der Waals surface area contributed by atoms with Gasteiger partial charge < -0.3 is 15.8 Å². The second-order valence-corrected chi connectivity index (χ2v) is 4.90. The van der Waals surface area contributed by atoms with Gasteiger partial charge in [-0.3, -0.25) is 4.79 Å². The molecule has 0 saturated carbocycles. The van der Waals surface area contributed by atoms with E-state index in [1.807, 2.05) is 19.1 Å². The first kappa shape index (κ1) is 12.9. The molecule has 0 aromatic heterocycles. The van der Waals surface area contributed by atoms with Crippen molar-refractivity contribution in [1.82, 2.24) is 0 Å². The van der Waals surface area contributed by atoms with Gasteiger partial charge in [-0.1, -0.05) is 13.0 Å². The second kappa shape index (κ2) is 4.98. The summed E-state index contributed by atoms with van der Waals surface area (Å²) in [6, 6.07) is 5.63. The van der Waals surface area contributed by atoms with Gasteiger partial charge in [-0.25, -0.2) is 0 Å². The molecule has 2 rings (SSSR count). The van der Waals surface area contributed by atoms with Crippen molar-refractivity contribution in [2.24, 2.45) is 0 Å². The molecule has 1 aliphatic rings.